The molecule has 1 aromatic carbocycles. The minimum Gasteiger partial charge on any atom is -0.462 e. The molecule has 0 heterocycles. The van der Waals surface area contributed by atoms with E-state index in [1.165, 1.54) is 12.5 Å². The highest BCUT2D eigenvalue weighted by Crippen LogP contribution is 2.61. The largest absolute Gasteiger partial charge is 0.462 e. The lowest BCUT2D eigenvalue weighted by molar-refractivity contribution is -0.154. The minimum absolute atomic E-state index is 0.0231. The maximum atomic E-state index is 12.8. The molecule has 0 N–H and O–H groups in total. The van der Waals surface area contributed by atoms with Gasteiger partial charge in [0.15, 0.2) is 5.78 Å². The number of hydrogen-bond acceptors (Lipinski definition) is 3. The van der Waals surface area contributed by atoms with Gasteiger partial charge in [0.2, 0.25) is 0 Å². The average molecular weight is 326 g/mol. The number of rotatable bonds is 1. The lowest BCUT2D eigenvalue weighted by Crippen LogP contribution is -2.46. The standard InChI is InChI=1S/C21H26O3/c1-12-5-4-6-15-14-9-10-21(3)17(7-8-19(21)24-13(2)22)16(14)11-18(23)20(12)15/h4-6,14,16-17,19H,7-11H2,1-3H3/t14-,16-,17+,19+,21+/m1/s1. The molecule has 0 amide bonds. The number of esters is 1. The number of hydrogen-bond donors (Lipinski definition) is 0. The Hall–Kier alpha value is -1.64. The van der Waals surface area contributed by atoms with E-state index in [2.05, 4.69) is 32.0 Å². The monoisotopic (exact) mass is 326 g/mol. The van der Waals surface area contributed by atoms with Gasteiger partial charge in [-0.1, -0.05) is 25.1 Å². The van der Waals surface area contributed by atoms with Gasteiger partial charge in [0.1, 0.15) is 6.10 Å². The first kappa shape index (κ1) is 15.9. The predicted octanol–water partition coefficient (Wildman–Crippen LogP) is 4.42. The third-order valence-corrected chi connectivity index (χ3v) is 7.06. The van der Waals surface area contributed by atoms with E-state index in [0.717, 1.165) is 36.8 Å². The van der Waals surface area contributed by atoms with Crippen molar-refractivity contribution in [2.45, 2.75) is 64.9 Å². The molecule has 3 aliphatic rings. The van der Waals surface area contributed by atoms with Gasteiger partial charge in [-0.3, -0.25) is 9.59 Å². The van der Waals surface area contributed by atoms with Crippen molar-refractivity contribution < 1.29 is 14.3 Å². The van der Waals surface area contributed by atoms with Crippen LogP contribution in [-0.4, -0.2) is 17.9 Å². The second kappa shape index (κ2) is 5.44. The summed E-state index contributed by atoms with van der Waals surface area (Å²) in [5, 5.41) is 0. The maximum absolute atomic E-state index is 12.8. The van der Waals surface area contributed by atoms with Crippen molar-refractivity contribution in [1.82, 2.24) is 0 Å². The van der Waals surface area contributed by atoms with Crippen LogP contribution in [-0.2, 0) is 9.53 Å². The SMILES string of the molecule is CC(=O)O[C@H]1CC[C@H]2[C@@H]3CC(=O)c4c(C)cccc4[C@H]3CC[C@]12C. The van der Waals surface area contributed by atoms with Crippen LogP contribution in [0.2, 0.25) is 0 Å². The second-order valence-corrected chi connectivity index (χ2v) is 8.26. The number of aryl methyl sites for hydroxylation is 1. The van der Waals surface area contributed by atoms with Crippen molar-refractivity contribution >= 4 is 11.8 Å². The quantitative estimate of drug-likeness (QED) is 0.717. The molecule has 0 radical (unpaired) electrons. The van der Waals surface area contributed by atoms with Crippen molar-refractivity contribution in [3.05, 3.63) is 34.9 Å². The van der Waals surface area contributed by atoms with E-state index in [1.807, 2.05) is 0 Å². The third-order valence-electron chi connectivity index (χ3n) is 7.06. The fourth-order valence-corrected chi connectivity index (χ4v) is 6.00. The van der Waals surface area contributed by atoms with Gasteiger partial charge in [0.05, 0.1) is 0 Å². The van der Waals surface area contributed by atoms with Crippen molar-refractivity contribution in [1.29, 1.82) is 0 Å². The molecular formula is C21H26O3. The molecule has 4 rings (SSSR count). The van der Waals surface area contributed by atoms with Crippen molar-refractivity contribution in [3.8, 4) is 0 Å². The van der Waals surface area contributed by atoms with Gasteiger partial charge < -0.3 is 4.74 Å². The highest BCUT2D eigenvalue weighted by molar-refractivity contribution is 6.00. The topological polar surface area (TPSA) is 43.4 Å². The number of carbonyl (C=O) groups is 2. The molecule has 0 spiro atoms. The number of ketones is 1. The smallest absolute Gasteiger partial charge is 0.302 e. The second-order valence-electron chi connectivity index (χ2n) is 8.26. The molecule has 3 heteroatoms. The van der Waals surface area contributed by atoms with E-state index in [9.17, 15) is 9.59 Å². The van der Waals surface area contributed by atoms with Crippen LogP contribution in [0.1, 0.15) is 73.4 Å². The van der Waals surface area contributed by atoms with Crippen molar-refractivity contribution in [2.24, 2.45) is 17.3 Å². The Balaban J connectivity index is 1.70. The summed E-state index contributed by atoms with van der Waals surface area (Å²) < 4.78 is 5.65. The van der Waals surface area contributed by atoms with E-state index in [0.29, 0.717) is 30.0 Å². The van der Waals surface area contributed by atoms with Crippen molar-refractivity contribution in [2.75, 3.05) is 0 Å². The van der Waals surface area contributed by atoms with E-state index < -0.39 is 0 Å². The van der Waals surface area contributed by atoms with E-state index in [4.69, 9.17) is 4.74 Å². The molecule has 0 bridgehead atoms. The third kappa shape index (κ3) is 2.17. The van der Waals surface area contributed by atoms with E-state index in [1.54, 1.807) is 0 Å². The van der Waals surface area contributed by atoms with Crippen LogP contribution in [0.25, 0.3) is 0 Å². The highest BCUT2D eigenvalue weighted by Gasteiger charge is 2.57. The number of ether oxygens (including phenoxy) is 1. The molecule has 0 saturated heterocycles. The lowest BCUT2D eigenvalue weighted by Gasteiger charge is -2.50. The highest BCUT2D eigenvalue weighted by atomic mass is 16.5. The summed E-state index contributed by atoms with van der Waals surface area (Å²) in [5.74, 6) is 1.52. The summed E-state index contributed by atoms with van der Waals surface area (Å²) in [7, 11) is 0. The molecule has 2 saturated carbocycles. The Bertz CT molecular complexity index is 707. The van der Waals surface area contributed by atoms with Gasteiger partial charge in [-0.05, 0) is 61.5 Å². The molecule has 0 unspecified atom stereocenters. The molecule has 3 aliphatic carbocycles. The summed E-state index contributed by atoms with van der Waals surface area (Å²) in [4.78, 5) is 24.3. The van der Waals surface area contributed by atoms with Crippen LogP contribution < -0.4 is 0 Å². The van der Waals surface area contributed by atoms with E-state index in [-0.39, 0.29) is 17.5 Å². The fraction of sp³-hybridized carbons (Fsp3) is 0.619. The molecule has 1 aromatic rings. The zero-order chi connectivity index (χ0) is 17.1. The summed E-state index contributed by atoms with van der Waals surface area (Å²) in [6.45, 7) is 5.84. The van der Waals surface area contributed by atoms with Crippen LogP contribution in [0, 0.1) is 24.2 Å². The normalized spacial score (nSPS) is 37.4. The molecule has 5 atom stereocenters. The molecule has 128 valence electrons. The number of Topliss-reactive ketones (excluding diaryl/α,β-unsaturated/α-hetero) is 1. The maximum Gasteiger partial charge on any atom is 0.302 e. The molecule has 3 nitrogen and oxygen atoms in total. The Morgan fingerprint density at radius 3 is 2.79 bits per heavy atom. The number of benzene rings is 1. The van der Waals surface area contributed by atoms with E-state index >= 15 is 0 Å². The zero-order valence-electron chi connectivity index (χ0n) is 14.8. The van der Waals surface area contributed by atoms with Crippen molar-refractivity contribution in [3.63, 3.8) is 0 Å². The Morgan fingerprint density at radius 2 is 2.04 bits per heavy atom. The van der Waals surface area contributed by atoms with Crippen LogP contribution in [0.5, 0.6) is 0 Å². The summed E-state index contributed by atoms with van der Waals surface area (Å²) in [5.41, 5.74) is 3.41. The molecule has 0 aliphatic heterocycles. The van der Waals surface area contributed by atoms with Crippen LogP contribution >= 0.6 is 0 Å². The number of carbonyl (C=O) groups excluding carboxylic acids is 2. The Labute approximate surface area is 143 Å². The minimum atomic E-state index is -0.176. The van der Waals surface area contributed by atoms with Gasteiger partial charge in [0, 0.05) is 24.3 Å². The lowest BCUT2D eigenvalue weighted by atomic mass is 9.55. The van der Waals surface area contributed by atoms with Crippen LogP contribution in [0.3, 0.4) is 0 Å². The fourth-order valence-electron chi connectivity index (χ4n) is 6.00. The van der Waals surface area contributed by atoms with Gasteiger partial charge in [0.25, 0.3) is 0 Å². The van der Waals surface area contributed by atoms with Gasteiger partial charge in [-0.15, -0.1) is 0 Å². The molecular weight excluding hydrogens is 300 g/mol. The van der Waals surface area contributed by atoms with Crippen LogP contribution in [0.4, 0.5) is 0 Å². The molecule has 24 heavy (non-hydrogen) atoms. The Morgan fingerprint density at radius 1 is 1.25 bits per heavy atom. The zero-order valence-corrected chi connectivity index (χ0v) is 14.8. The first-order valence-electron chi connectivity index (χ1n) is 9.21. The van der Waals surface area contributed by atoms with Gasteiger partial charge >= 0.3 is 5.97 Å². The summed E-state index contributed by atoms with van der Waals surface area (Å²) >= 11 is 0. The molecule has 2 fully saturated rings. The van der Waals surface area contributed by atoms with Gasteiger partial charge in [-0.2, -0.15) is 0 Å². The number of fused-ring (bicyclic) bond motifs is 5. The molecule has 0 aromatic heterocycles. The van der Waals surface area contributed by atoms with Gasteiger partial charge in [-0.25, -0.2) is 0 Å². The average Bonchev–Trinajstić information content (AvgIpc) is 2.84. The first-order chi connectivity index (χ1) is 11.4. The summed E-state index contributed by atoms with van der Waals surface area (Å²) in [6.07, 6.45) is 4.88. The van der Waals surface area contributed by atoms with Crippen LogP contribution in [0.15, 0.2) is 18.2 Å². The summed E-state index contributed by atoms with van der Waals surface area (Å²) in [6, 6.07) is 6.31. The predicted molar refractivity (Wildman–Crippen MR) is 92.0 cm³/mol. The Kier molecular flexibility index (Phi) is 3.59. The first-order valence-corrected chi connectivity index (χ1v) is 9.21.